The van der Waals surface area contributed by atoms with Crippen molar-refractivity contribution >= 4 is 23.6 Å². The van der Waals surface area contributed by atoms with Gasteiger partial charge in [0.2, 0.25) is 0 Å². The zero-order valence-corrected chi connectivity index (χ0v) is 12.6. The summed E-state index contributed by atoms with van der Waals surface area (Å²) >= 11 is 0. The number of urea groups is 1. The van der Waals surface area contributed by atoms with Crippen molar-refractivity contribution in [3.63, 3.8) is 0 Å². The lowest BCUT2D eigenvalue weighted by Gasteiger charge is -2.05. The lowest BCUT2D eigenvalue weighted by molar-refractivity contribution is 0.101. The molecule has 0 bridgehead atoms. The van der Waals surface area contributed by atoms with Crippen LogP contribution >= 0.6 is 0 Å². The number of anilines is 1. The number of hydrogen-bond acceptors (Lipinski definition) is 2. The summed E-state index contributed by atoms with van der Waals surface area (Å²) in [6.45, 7) is 3.51. The molecule has 0 atom stereocenters. The van der Waals surface area contributed by atoms with Crippen molar-refractivity contribution in [1.29, 1.82) is 0 Å². The number of hydrogen-bond donors (Lipinski definition) is 2. The molecule has 0 aromatic heterocycles. The highest BCUT2D eigenvalue weighted by atomic mass is 16.2. The van der Waals surface area contributed by atoms with Crippen LogP contribution in [0.5, 0.6) is 0 Å². The maximum Gasteiger partial charge on any atom is 0.323 e. The molecule has 0 spiro atoms. The molecule has 0 saturated carbocycles. The van der Waals surface area contributed by atoms with Crippen LogP contribution in [-0.2, 0) is 0 Å². The highest BCUT2D eigenvalue weighted by Gasteiger charge is 2.03. The minimum absolute atomic E-state index is 0.0386. The van der Waals surface area contributed by atoms with Crippen LogP contribution in [0.3, 0.4) is 0 Å². The van der Waals surface area contributed by atoms with Crippen LogP contribution in [0.25, 0.3) is 6.08 Å². The van der Waals surface area contributed by atoms with Gasteiger partial charge in [-0.25, -0.2) is 4.79 Å². The highest BCUT2D eigenvalue weighted by molar-refractivity contribution is 5.96. The Morgan fingerprint density at radius 2 is 1.77 bits per heavy atom. The van der Waals surface area contributed by atoms with Gasteiger partial charge in [-0.2, -0.15) is 0 Å². The fourth-order valence-electron chi connectivity index (χ4n) is 1.87. The minimum atomic E-state index is -0.357. The van der Waals surface area contributed by atoms with Crippen LogP contribution < -0.4 is 10.6 Å². The van der Waals surface area contributed by atoms with E-state index in [1.807, 2.05) is 37.3 Å². The van der Waals surface area contributed by atoms with Crippen LogP contribution in [0.15, 0.2) is 54.7 Å². The van der Waals surface area contributed by atoms with Crippen LogP contribution in [0.2, 0.25) is 0 Å². The second kappa shape index (κ2) is 7.22. The van der Waals surface area contributed by atoms with Gasteiger partial charge in [0.1, 0.15) is 0 Å². The number of carbonyl (C=O) groups excluding carboxylic acids is 2. The average Bonchev–Trinajstić information content (AvgIpc) is 2.49. The molecular formula is C18H18N2O2. The molecule has 0 radical (unpaired) electrons. The first kappa shape index (κ1) is 15.5. The quantitative estimate of drug-likeness (QED) is 0.838. The van der Waals surface area contributed by atoms with Crippen molar-refractivity contribution in [2.75, 3.05) is 5.32 Å². The topological polar surface area (TPSA) is 58.2 Å². The van der Waals surface area contributed by atoms with Gasteiger partial charge in [-0.1, -0.05) is 42.0 Å². The lowest BCUT2D eigenvalue weighted by Crippen LogP contribution is -2.23. The second-order valence-corrected chi connectivity index (χ2v) is 4.98. The Morgan fingerprint density at radius 3 is 2.45 bits per heavy atom. The van der Waals surface area contributed by atoms with E-state index >= 15 is 0 Å². The van der Waals surface area contributed by atoms with Gasteiger partial charge >= 0.3 is 6.03 Å². The predicted octanol–water partition coefficient (Wildman–Crippen LogP) is 3.99. The van der Waals surface area contributed by atoms with E-state index in [0.717, 1.165) is 5.56 Å². The van der Waals surface area contributed by atoms with Gasteiger partial charge in [0.05, 0.1) is 0 Å². The van der Waals surface area contributed by atoms with E-state index < -0.39 is 0 Å². The Labute approximate surface area is 129 Å². The maximum absolute atomic E-state index is 11.8. The van der Waals surface area contributed by atoms with Gasteiger partial charge in [0.25, 0.3) is 0 Å². The van der Waals surface area contributed by atoms with E-state index in [2.05, 4.69) is 10.6 Å². The van der Waals surface area contributed by atoms with Gasteiger partial charge < -0.3 is 10.6 Å². The summed E-state index contributed by atoms with van der Waals surface area (Å²) in [5.74, 6) is -0.0386. The van der Waals surface area contributed by atoms with Crippen LogP contribution in [0, 0.1) is 6.92 Å². The molecule has 0 unspecified atom stereocenters. The van der Waals surface area contributed by atoms with Crippen LogP contribution in [0.1, 0.15) is 28.4 Å². The Kier molecular flexibility index (Phi) is 5.09. The van der Waals surface area contributed by atoms with Gasteiger partial charge in [-0.05, 0) is 37.6 Å². The van der Waals surface area contributed by atoms with Gasteiger partial charge in [-0.3, -0.25) is 4.79 Å². The van der Waals surface area contributed by atoms with Gasteiger partial charge in [0.15, 0.2) is 5.78 Å². The Morgan fingerprint density at radius 1 is 1.05 bits per heavy atom. The van der Waals surface area contributed by atoms with Crippen molar-refractivity contribution in [1.82, 2.24) is 5.32 Å². The highest BCUT2D eigenvalue weighted by Crippen LogP contribution is 2.11. The molecule has 4 heteroatoms. The Balaban J connectivity index is 1.91. The summed E-state index contributed by atoms with van der Waals surface area (Å²) in [5.41, 5.74) is 3.33. The number of benzene rings is 2. The third kappa shape index (κ3) is 4.59. The summed E-state index contributed by atoms with van der Waals surface area (Å²) in [5, 5.41) is 5.31. The minimum Gasteiger partial charge on any atom is -0.314 e. The molecule has 2 N–H and O–H groups in total. The smallest absolute Gasteiger partial charge is 0.314 e. The van der Waals surface area contributed by atoms with Crippen molar-refractivity contribution in [3.8, 4) is 0 Å². The zero-order chi connectivity index (χ0) is 15.9. The van der Waals surface area contributed by atoms with E-state index in [1.165, 1.54) is 12.5 Å². The molecular weight excluding hydrogens is 276 g/mol. The van der Waals surface area contributed by atoms with E-state index in [9.17, 15) is 9.59 Å². The Hall–Kier alpha value is -2.88. The first-order valence-corrected chi connectivity index (χ1v) is 6.96. The largest absolute Gasteiger partial charge is 0.323 e. The molecule has 2 rings (SSSR count). The number of rotatable bonds is 4. The molecule has 0 aliphatic carbocycles. The molecule has 0 heterocycles. The van der Waals surface area contributed by atoms with E-state index in [4.69, 9.17) is 0 Å². The predicted molar refractivity (Wildman–Crippen MR) is 88.8 cm³/mol. The zero-order valence-electron chi connectivity index (χ0n) is 12.6. The number of amides is 2. The normalized spacial score (nSPS) is 10.5. The van der Waals surface area contributed by atoms with Crippen LogP contribution in [-0.4, -0.2) is 11.8 Å². The summed E-state index contributed by atoms with van der Waals surface area (Å²) in [6, 6.07) is 14.4. The molecule has 4 nitrogen and oxygen atoms in total. The number of carbonyl (C=O) groups is 2. The number of aryl methyl sites for hydroxylation is 1. The van der Waals surface area contributed by atoms with Crippen LogP contribution in [0.4, 0.5) is 10.5 Å². The molecule has 112 valence electrons. The molecule has 2 aromatic rings. The van der Waals surface area contributed by atoms with Gasteiger partial charge in [0, 0.05) is 17.5 Å². The van der Waals surface area contributed by atoms with E-state index in [0.29, 0.717) is 11.3 Å². The maximum atomic E-state index is 11.8. The SMILES string of the molecule is CC(=O)c1cccc(NC(=O)N/C=C/c2ccc(C)cc2)c1. The molecule has 22 heavy (non-hydrogen) atoms. The van der Waals surface area contributed by atoms with Crippen molar-refractivity contribution < 1.29 is 9.59 Å². The van der Waals surface area contributed by atoms with E-state index in [1.54, 1.807) is 30.5 Å². The Bertz CT molecular complexity index is 703. The molecule has 0 aliphatic heterocycles. The third-order valence-corrected chi connectivity index (χ3v) is 3.09. The first-order valence-electron chi connectivity index (χ1n) is 6.96. The summed E-state index contributed by atoms with van der Waals surface area (Å²) in [4.78, 5) is 23.1. The molecule has 2 amide bonds. The number of Topliss-reactive ketones (excluding diaryl/α,β-unsaturated/α-hetero) is 1. The second-order valence-electron chi connectivity index (χ2n) is 4.98. The van der Waals surface area contributed by atoms with E-state index in [-0.39, 0.29) is 11.8 Å². The fraction of sp³-hybridized carbons (Fsp3) is 0.111. The summed E-state index contributed by atoms with van der Waals surface area (Å²) in [7, 11) is 0. The molecule has 0 aliphatic rings. The molecule has 0 fully saturated rings. The molecule has 2 aromatic carbocycles. The summed E-state index contributed by atoms with van der Waals surface area (Å²) in [6.07, 6.45) is 3.39. The number of ketones is 1. The lowest BCUT2D eigenvalue weighted by atomic mass is 10.1. The summed E-state index contributed by atoms with van der Waals surface area (Å²) < 4.78 is 0. The monoisotopic (exact) mass is 294 g/mol. The molecule has 0 saturated heterocycles. The standard InChI is InChI=1S/C18H18N2O2/c1-13-6-8-15(9-7-13)10-11-19-18(22)20-17-5-3-4-16(12-17)14(2)21/h3-12H,1-2H3,(H2,19,20,22)/b11-10+. The van der Waals surface area contributed by atoms with Crippen molar-refractivity contribution in [3.05, 3.63) is 71.4 Å². The van der Waals surface area contributed by atoms with Gasteiger partial charge in [-0.15, -0.1) is 0 Å². The number of nitrogens with one attached hydrogen (secondary N) is 2. The van der Waals surface area contributed by atoms with Crippen molar-refractivity contribution in [2.45, 2.75) is 13.8 Å². The third-order valence-electron chi connectivity index (χ3n) is 3.09. The van der Waals surface area contributed by atoms with Crippen molar-refractivity contribution in [2.24, 2.45) is 0 Å². The average molecular weight is 294 g/mol. The first-order chi connectivity index (χ1) is 10.5. The fourth-order valence-corrected chi connectivity index (χ4v) is 1.87.